The highest BCUT2D eigenvalue weighted by atomic mass is 32.2. The lowest BCUT2D eigenvalue weighted by Gasteiger charge is -2.24. The number of nitrogens with zero attached hydrogens (tertiary/aromatic N) is 2. The van der Waals surface area contributed by atoms with Crippen molar-refractivity contribution in [3.63, 3.8) is 0 Å². The molecule has 2 aromatic carbocycles. The van der Waals surface area contributed by atoms with Crippen molar-refractivity contribution in [2.75, 3.05) is 12.9 Å². The van der Waals surface area contributed by atoms with Gasteiger partial charge < -0.3 is 9.47 Å². The zero-order valence-electron chi connectivity index (χ0n) is 19.7. The topological polar surface area (TPSA) is 87.0 Å². The summed E-state index contributed by atoms with van der Waals surface area (Å²) < 4.78 is 12.5. The Balaban J connectivity index is 1.89. The predicted octanol–water partition coefficient (Wildman–Crippen LogP) is 3.45. The lowest BCUT2D eigenvalue weighted by Crippen LogP contribution is -2.39. The van der Waals surface area contributed by atoms with Gasteiger partial charge in [-0.1, -0.05) is 35.6 Å². The summed E-state index contributed by atoms with van der Waals surface area (Å²) in [6, 6.07) is 14.1. The molecule has 4 rings (SSSR count). The van der Waals surface area contributed by atoms with Crippen LogP contribution in [0.25, 0.3) is 6.08 Å². The molecule has 0 spiro atoms. The first kappa shape index (κ1) is 24.7. The number of carbonyl (C=O) groups excluding carboxylic acids is 2. The van der Waals surface area contributed by atoms with Crippen molar-refractivity contribution < 1.29 is 19.1 Å². The molecule has 180 valence electrons. The van der Waals surface area contributed by atoms with Crippen molar-refractivity contribution in [2.45, 2.75) is 31.7 Å². The number of ether oxygens (including phenoxy) is 2. The van der Waals surface area contributed by atoms with Crippen LogP contribution in [-0.2, 0) is 14.3 Å². The lowest BCUT2D eigenvalue weighted by molar-refractivity contribution is -0.139. The van der Waals surface area contributed by atoms with Crippen LogP contribution in [0.4, 0.5) is 0 Å². The van der Waals surface area contributed by atoms with Gasteiger partial charge in [0.2, 0.25) is 0 Å². The highest BCUT2D eigenvalue weighted by Crippen LogP contribution is 2.31. The summed E-state index contributed by atoms with van der Waals surface area (Å²) in [4.78, 5) is 44.1. The number of hydrogen-bond donors (Lipinski definition) is 0. The van der Waals surface area contributed by atoms with Gasteiger partial charge in [-0.2, -0.15) is 0 Å². The average molecular weight is 509 g/mol. The van der Waals surface area contributed by atoms with Gasteiger partial charge in [0.15, 0.2) is 4.80 Å². The zero-order valence-corrected chi connectivity index (χ0v) is 21.4. The lowest BCUT2D eigenvalue weighted by atomic mass is 9.96. The third kappa shape index (κ3) is 5.16. The minimum Gasteiger partial charge on any atom is -0.463 e. The molecule has 0 saturated carbocycles. The number of esters is 2. The van der Waals surface area contributed by atoms with Crippen molar-refractivity contribution in [1.82, 2.24) is 4.57 Å². The fraction of sp³-hybridized carbons (Fsp3) is 0.231. The normalized spacial score (nSPS) is 15.4. The van der Waals surface area contributed by atoms with Crippen LogP contribution < -0.4 is 19.6 Å². The second-order valence-corrected chi connectivity index (χ2v) is 9.63. The van der Waals surface area contributed by atoms with Gasteiger partial charge in [-0.25, -0.2) is 9.79 Å². The number of benzene rings is 2. The predicted molar refractivity (Wildman–Crippen MR) is 136 cm³/mol. The Hall–Kier alpha value is -3.43. The largest absolute Gasteiger partial charge is 0.463 e. The first-order valence-electron chi connectivity index (χ1n) is 10.9. The van der Waals surface area contributed by atoms with E-state index in [1.807, 2.05) is 36.6 Å². The number of carbonyl (C=O) groups is 2. The summed E-state index contributed by atoms with van der Waals surface area (Å²) in [6.07, 6.45) is 3.72. The van der Waals surface area contributed by atoms with E-state index in [-0.39, 0.29) is 12.2 Å². The maximum atomic E-state index is 13.6. The van der Waals surface area contributed by atoms with E-state index in [0.29, 0.717) is 31.9 Å². The summed E-state index contributed by atoms with van der Waals surface area (Å²) in [5.41, 5.74) is 2.10. The number of aromatic nitrogens is 1. The number of rotatable bonds is 6. The molecule has 1 atom stereocenters. The number of fused-ring (bicyclic) bond motifs is 1. The van der Waals surface area contributed by atoms with Crippen LogP contribution in [0.5, 0.6) is 5.75 Å². The Kier molecular flexibility index (Phi) is 7.37. The standard InChI is InChI=1S/C26H24N2O5S2/c1-5-32-25(31)22-15(2)27-26-28(23(22)18-9-11-20(34-4)12-10-18)24(30)21(35-26)14-17-7-6-8-19(13-17)33-16(3)29/h6-14,23H,5H2,1-4H3/b21-14-/t23-/m0/s1. The molecule has 1 aromatic heterocycles. The molecule has 0 saturated heterocycles. The molecule has 0 fully saturated rings. The van der Waals surface area contributed by atoms with E-state index < -0.39 is 18.0 Å². The number of hydrogen-bond acceptors (Lipinski definition) is 8. The third-order valence-electron chi connectivity index (χ3n) is 5.37. The van der Waals surface area contributed by atoms with Crippen molar-refractivity contribution in [3.05, 3.63) is 90.6 Å². The van der Waals surface area contributed by atoms with E-state index in [0.717, 1.165) is 10.5 Å². The van der Waals surface area contributed by atoms with E-state index in [9.17, 15) is 14.4 Å². The van der Waals surface area contributed by atoms with Gasteiger partial charge in [0.1, 0.15) is 5.75 Å². The van der Waals surface area contributed by atoms with Gasteiger partial charge in [-0.05, 0) is 61.6 Å². The zero-order chi connectivity index (χ0) is 25.1. The van der Waals surface area contributed by atoms with Gasteiger partial charge >= 0.3 is 11.9 Å². The van der Waals surface area contributed by atoms with Crippen molar-refractivity contribution in [2.24, 2.45) is 4.99 Å². The minimum atomic E-state index is -0.657. The summed E-state index contributed by atoms with van der Waals surface area (Å²) >= 11 is 2.86. The molecule has 1 aliphatic heterocycles. The number of thiazole rings is 1. The fourth-order valence-electron chi connectivity index (χ4n) is 3.88. The van der Waals surface area contributed by atoms with Gasteiger partial charge in [0, 0.05) is 11.8 Å². The molecule has 1 aliphatic rings. The molecule has 9 heteroatoms. The van der Waals surface area contributed by atoms with Crippen molar-refractivity contribution in [1.29, 1.82) is 0 Å². The van der Waals surface area contributed by atoms with E-state index in [4.69, 9.17) is 9.47 Å². The van der Waals surface area contributed by atoms with Crippen LogP contribution in [0.2, 0.25) is 0 Å². The van der Waals surface area contributed by atoms with E-state index in [2.05, 4.69) is 4.99 Å². The molecule has 0 N–H and O–H groups in total. The smallest absolute Gasteiger partial charge is 0.338 e. The Morgan fingerprint density at radius 1 is 1.20 bits per heavy atom. The Morgan fingerprint density at radius 2 is 1.94 bits per heavy atom. The third-order valence-corrected chi connectivity index (χ3v) is 7.09. The summed E-state index contributed by atoms with van der Waals surface area (Å²) in [7, 11) is 0. The van der Waals surface area contributed by atoms with Crippen LogP contribution >= 0.6 is 23.1 Å². The van der Waals surface area contributed by atoms with Crippen LogP contribution in [0.3, 0.4) is 0 Å². The van der Waals surface area contributed by atoms with Crippen molar-refractivity contribution >= 4 is 41.1 Å². The summed E-state index contributed by atoms with van der Waals surface area (Å²) in [5.74, 6) is -0.515. The molecule has 0 amide bonds. The molecule has 3 aromatic rings. The van der Waals surface area contributed by atoms with E-state index >= 15 is 0 Å². The molecule has 2 heterocycles. The summed E-state index contributed by atoms with van der Waals surface area (Å²) in [6.45, 7) is 5.06. The Labute approximate surface area is 210 Å². The van der Waals surface area contributed by atoms with Gasteiger partial charge in [-0.15, -0.1) is 11.8 Å². The Morgan fingerprint density at radius 3 is 2.60 bits per heavy atom. The van der Waals surface area contributed by atoms with Gasteiger partial charge in [-0.3, -0.25) is 14.2 Å². The van der Waals surface area contributed by atoms with E-state index in [1.165, 1.54) is 18.3 Å². The maximum absolute atomic E-state index is 13.6. The molecule has 0 aliphatic carbocycles. The van der Waals surface area contributed by atoms with Crippen molar-refractivity contribution in [3.8, 4) is 5.75 Å². The highest BCUT2D eigenvalue weighted by Gasteiger charge is 2.33. The van der Waals surface area contributed by atoms with Crippen LogP contribution in [0.1, 0.15) is 37.9 Å². The molecule has 0 bridgehead atoms. The SMILES string of the molecule is CCOC(=O)C1=C(C)N=c2s/c(=C\c3cccc(OC(C)=O)c3)c(=O)n2[C@H]1c1ccc(SC)cc1. The van der Waals surface area contributed by atoms with Crippen LogP contribution in [-0.4, -0.2) is 29.4 Å². The second kappa shape index (κ2) is 10.5. The molecule has 7 nitrogen and oxygen atoms in total. The number of allylic oxidation sites excluding steroid dienone is 1. The molecule has 35 heavy (non-hydrogen) atoms. The molecule has 0 radical (unpaired) electrons. The fourth-order valence-corrected chi connectivity index (χ4v) is 5.33. The second-order valence-electron chi connectivity index (χ2n) is 7.74. The van der Waals surface area contributed by atoms with Crippen LogP contribution in [0, 0.1) is 0 Å². The monoisotopic (exact) mass is 508 g/mol. The van der Waals surface area contributed by atoms with Gasteiger partial charge in [0.25, 0.3) is 5.56 Å². The van der Waals surface area contributed by atoms with Gasteiger partial charge in [0.05, 0.1) is 28.5 Å². The highest BCUT2D eigenvalue weighted by molar-refractivity contribution is 7.98. The molecular formula is C26H24N2O5S2. The minimum absolute atomic E-state index is 0.219. The maximum Gasteiger partial charge on any atom is 0.338 e. The van der Waals surface area contributed by atoms with Crippen LogP contribution in [0.15, 0.2) is 74.5 Å². The molecular weight excluding hydrogens is 484 g/mol. The first-order chi connectivity index (χ1) is 16.8. The number of thioether (sulfide) groups is 1. The first-order valence-corrected chi connectivity index (χ1v) is 13.0. The van der Waals surface area contributed by atoms with E-state index in [1.54, 1.807) is 54.5 Å². The Bertz CT molecular complexity index is 1500. The quantitative estimate of drug-likeness (QED) is 0.288. The average Bonchev–Trinajstić information content (AvgIpc) is 3.12. The summed E-state index contributed by atoms with van der Waals surface area (Å²) in [5, 5.41) is 0. The molecule has 0 unspecified atom stereocenters.